The van der Waals surface area contributed by atoms with Gasteiger partial charge in [-0.1, -0.05) is 24.3 Å². The lowest BCUT2D eigenvalue weighted by atomic mass is 10.2. The van der Waals surface area contributed by atoms with E-state index >= 15 is 0 Å². The van der Waals surface area contributed by atoms with Crippen molar-refractivity contribution in [3.05, 3.63) is 60.2 Å². The highest BCUT2D eigenvalue weighted by Gasteiger charge is 2.23. The van der Waals surface area contributed by atoms with Crippen LogP contribution in [0.15, 0.2) is 84.8 Å². The molecule has 37 heavy (non-hydrogen) atoms. The van der Waals surface area contributed by atoms with Crippen LogP contribution in [0.25, 0.3) is 0 Å². The maximum atomic E-state index is 12.2. The van der Waals surface area contributed by atoms with Gasteiger partial charge in [0.2, 0.25) is 0 Å². The zero-order chi connectivity index (χ0) is 27.4. The van der Waals surface area contributed by atoms with Crippen molar-refractivity contribution in [2.24, 2.45) is 20.5 Å². The quantitative estimate of drug-likeness (QED) is 0.134. The summed E-state index contributed by atoms with van der Waals surface area (Å²) in [5.74, 6) is -0.673. The number of ether oxygens (including phenoxy) is 1. The van der Waals surface area contributed by atoms with Crippen molar-refractivity contribution >= 4 is 60.3 Å². The van der Waals surface area contributed by atoms with Crippen molar-refractivity contribution in [2.45, 2.75) is 16.7 Å². The van der Waals surface area contributed by atoms with Crippen LogP contribution in [0, 0.1) is 0 Å². The number of hydrogen-bond acceptors (Lipinski definition) is 12. The van der Waals surface area contributed by atoms with Crippen LogP contribution in [0.4, 0.5) is 34.1 Å². The number of nitrogens with zero attached hydrogens (tertiary/aromatic N) is 4. The second-order valence-corrected chi connectivity index (χ2v) is 9.91. The first-order valence-electron chi connectivity index (χ1n) is 10.2. The van der Waals surface area contributed by atoms with Crippen LogP contribution in [0.5, 0.6) is 0 Å². The van der Waals surface area contributed by atoms with Crippen LogP contribution in [0.1, 0.15) is 17.3 Å². The average Bonchev–Trinajstić information content (AvgIpc) is 2.82. The highest BCUT2D eigenvalue weighted by atomic mass is 32.2. The monoisotopic (exact) mass is 548 g/mol. The zero-order valence-corrected chi connectivity index (χ0v) is 20.6. The van der Waals surface area contributed by atoms with E-state index in [-0.39, 0.29) is 34.9 Å². The summed E-state index contributed by atoms with van der Waals surface area (Å²) in [6, 6.07) is 11.9. The fourth-order valence-electron chi connectivity index (χ4n) is 2.98. The lowest BCUT2D eigenvalue weighted by Gasteiger charge is -2.11. The number of azo groups is 2. The first kappa shape index (κ1) is 27.3. The van der Waals surface area contributed by atoms with Crippen LogP contribution in [0.3, 0.4) is 0 Å². The molecule has 3 rings (SSSR count). The minimum Gasteiger partial charge on any atom is -0.462 e. The van der Waals surface area contributed by atoms with E-state index in [1.54, 1.807) is 19.1 Å². The lowest BCUT2D eigenvalue weighted by molar-refractivity contribution is 0.0527. The van der Waals surface area contributed by atoms with Crippen LogP contribution >= 0.6 is 0 Å². The van der Waals surface area contributed by atoms with E-state index in [9.17, 15) is 30.7 Å². The summed E-state index contributed by atoms with van der Waals surface area (Å²) >= 11 is 0. The molecule has 0 amide bonds. The Hall–Kier alpha value is -4.25. The standard InChI is InChI=1S/C21H20N6O8S2/c1-2-35-21(28)12-7-3-4-8-13(12)24-26-15-11-17(37(32,33)34)19(23)20(18(15)22)27-25-14-9-5-6-10-16(14)36(29,30)31/h3-11H,2,22-23H2,1H3,(H,29,30,31)(H,32,33,34)/b26-24+,27-25+. The third kappa shape index (κ3) is 6.31. The molecule has 0 aliphatic rings. The molecule has 0 aliphatic carbocycles. The Bertz CT molecular complexity index is 1640. The van der Waals surface area contributed by atoms with Gasteiger partial charge in [-0.2, -0.15) is 16.8 Å². The number of rotatable bonds is 8. The fourth-order valence-corrected chi connectivity index (χ4v) is 4.24. The Morgan fingerprint density at radius 3 is 1.95 bits per heavy atom. The molecule has 0 saturated heterocycles. The number of hydrogen-bond donors (Lipinski definition) is 4. The van der Waals surface area contributed by atoms with Crippen molar-refractivity contribution in [1.29, 1.82) is 0 Å². The molecule has 0 atom stereocenters. The second-order valence-electron chi connectivity index (χ2n) is 7.13. The first-order valence-corrected chi connectivity index (χ1v) is 13.1. The van der Waals surface area contributed by atoms with Gasteiger partial charge in [0.1, 0.15) is 32.5 Å². The topological polar surface area (TPSA) is 237 Å². The maximum absolute atomic E-state index is 12.2. The second kappa shape index (κ2) is 10.8. The highest BCUT2D eigenvalue weighted by molar-refractivity contribution is 7.86. The molecule has 0 aliphatic heterocycles. The van der Waals surface area contributed by atoms with E-state index in [1.807, 2.05) is 0 Å². The summed E-state index contributed by atoms with van der Waals surface area (Å²) in [7, 11) is -9.59. The molecule has 0 saturated carbocycles. The third-order valence-electron chi connectivity index (χ3n) is 4.66. The molecular weight excluding hydrogens is 528 g/mol. The van der Waals surface area contributed by atoms with Crippen molar-refractivity contribution in [1.82, 2.24) is 0 Å². The first-order chi connectivity index (χ1) is 17.3. The summed E-state index contributed by atoms with van der Waals surface area (Å²) in [4.78, 5) is 10.8. The molecule has 0 bridgehead atoms. The van der Waals surface area contributed by atoms with Crippen LogP contribution in [-0.2, 0) is 25.0 Å². The van der Waals surface area contributed by atoms with Gasteiger partial charge >= 0.3 is 5.97 Å². The Labute approximate surface area is 211 Å². The number of carbonyl (C=O) groups excluding carboxylic acids is 1. The molecule has 0 unspecified atom stereocenters. The third-order valence-corrected chi connectivity index (χ3v) is 6.46. The van der Waals surface area contributed by atoms with Gasteiger partial charge in [-0.15, -0.1) is 20.5 Å². The minimum atomic E-state index is -4.92. The number of benzene rings is 3. The SMILES string of the molecule is CCOC(=O)c1ccccc1/N=N/c1cc(S(=O)(=O)O)c(N)c(/N=N/c2ccccc2S(=O)(=O)O)c1N. The molecule has 3 aromatic rings. The van der Waals surface area contributed by atoms with E-state index in [0.717, 1.165) is 12.1 Å². The van der Waals surface area contributed by atoms with Crippen molar-refractivity contribution < 1.29 is 35.5 Å². The van der Waals surface area contributed by atoms with Gasteiger partial charge in [-0.3, -0.25) is 9.11 Å². The summed E-state index contributed by atoms with van der Waals surface area (Å²) < 4.78 is 71.1. The van der Waals surface area contributed by atoms with Crippen molar-refractivity contribution in [3.63, 3.8) is 0 Å². The largest absolute Gasteiger partial charge is 0.462 e. The molecule has 0 heterocycles. The predicted molar refractivity (Wildman–Crippen MR) is 132 cm³/mol. The van der Waals surface area contributed by atoms with E-state index in [2.05, 4.69) is 20.5 Å². The molecule has 0 aromatic heterocycles. The van der Waals surface area contributed by atoms with Crippen LogP contribution in [0.2, 0.25) is 0 Å². The Balaban J connectivity index is 2.17. The summed E-state index contributed by atoms with van der Waals surface area (Å²) in [6.07, 6.45) is 0. The van der Waals surface area contributed by atoms with Crippen LogP contribution in [-0.4, -0.2) is 38.5 Å². The van der Waals surface area contributed by atoms with Gasteiger partial charge < -0.3 is 16.2 Å². The molecule has 6 N–H and O–H groups in total. The number of nitrogen functional groups attached to an aromatic ring is 2. The van der Waals surface area contributed by atoms with Gasteiger partial charge in [-0.25, -0.2) is 4.79 Å². The molecule has 14 nitrogen and oxygen atoms in total. The summed E-state index contributed by atoms with van der Waals surface area (Å²) in [5, 5.41) is 15.3. The molecular formula is C21H20N6O8S2. The van der Waals surface area contributed by atoms with E-state index < -0.39 is 47.4 Å². The number of anilines is 2. The predicted octanol–water partition coefficient (Wildman–Crippen LogP) is 4.35. The zero-order valence-electron chi connectivity index (χ0n) is 19.0. The highest BCUT2D eigenvalue weighted by Crippen LogP contribution is 2.43. The Kier molecular flexibility index (Phi) is 7.97. The number of nitrogens with two attached hydrogens (primary N) is 2. The van der Waals surface area contributed by atoms with Crippen molar-refractivity contribution in [3.8, 4) is 0 Å². The number of esters is 1. The Morgan fingerprint density at radius 1 is 0.784 bits per heavy atom. The average molecular weight is 549 g/mol. The fraction of sp³-hybridized carbons (Fsp3) is 0.0952. The van der Waals surface area contributed by atoms with Gasteiger partial charge in [0.05, 0.1) is 23.5 Å². The van der Waals surface area contributed by atoms with E-state index in [0.29, 0.717) is 0 Å². The summed E-state index contributed by atoms with van der Waals surface area (Å²) in [6.45, 7) is 1.74. The Morgan fingerprint density at radius 2 is 1.32 bits per heavy atom. The molecule has 194 valence electrons. The van der Waals surface area contributed by atoms with Gasteiger partial charge in [-0.05, 0) is 37.3 Å². The lowest BCUT2D eigenvalue weighted by Crippen LogP contribution is -2.05. The normalized spacial score (nSPS) is 12.3. The molecule has 0 fully saturated rings. The smallest absolute Gasteiger partial charge is 0.340 e. The van der Waals surface area contributed by atoms with Gasteiger partial charge in [0, 0.05) is 0 Å². The van der Waals surface area contributed by atoms with Gasteiger partial charge in [0.25, 0.3) is 20.2 Å². The minimum absolute atomic E-state index is 0.0656. The molecule has 3 aromatic carbocycles. The number of carbonyl (C=O) groups is 1. The summed E-state index contributed by atoms with van der Waals surface area (Å²) in [5.41, 5.74) is 10.00. The van der Waals surface area contributed by atoms with E-state index in [1.165, 1.54) is 30.3 Å². The van der Waals surface area contributed by atoms with E-state index in [4.69, 9.17) is 16.2 Å². The van der Waals surface area contributed by atoms with Crippen LogP contribution < -0.4 is 11.5 Å². The van der Waals surface area contributed by atoms with Gasteiger partial charge in [0.15, 0.2) is 0 Å². The molecule has 0 radical (unpaired) electrons. The maximum Gasteiger partial charge on any atom is 0.340 e. The van der Waals surface area contributed by atoms with Crippen molar-refractivity contribution in [2.75, 3.05) is 18.1 Å². The molecule has 16 heteroatoms. The molecule has 0 spiro atoms.